The van der Waals surface area contributed by atoms with Crippen LogP contribution in [0, 0.1) is 0 Å². The summed E-state index contributed by atoms with van der Waals surface area (Å²) in [6, 6.07) is 10.1. The van der Waals surface area contributed by atoms with Crippen LogP contribution in [0.5, 0.6) is 5.75 Å². The van der Waals surface area contributed by atoms with Crippen LogP contribution in [0.15, 0.2) is 42.5 Å². The van der Waals surface area contributed by atoms with Crippen molar-refractivity contribution in [1.82, 2.24) is 4.98 Å². The summed E-state index contributed by atoms with van der Waals surface area (Å²) < 4.78 is 42.7. The predicted molar refractivity (Wildman–Crippen MR) is 74.2 cm³/mol. The Morgan fingerprint density at radius 2 is 1.81 bits per heavy atom. The smallest absolute Gasteiger partial charge is 0.416 e. The lowest BCUT2D eigenvalue weighted by atomic mass is 10.2. The van der Waals surface area contributed by atoms with Gasteiger partial charge in [-0.15, -0.1) is 0 Å². The normalized spacial score (nSPS) is 11.2. The van der Waals surface area contributed by atoms with Crippen molar-refractivity contribution < 1.29 is 17.9 Å². The number of hydrogen-bond acceptors (Lipinski definition) is 3. The Balaban J connectivity index is 1.98. The predicted octanol–water partition coefficient (Wildman–Crippen LogP) is 4.11. The lowest BCUT2D eigenvalue weighted by Crippen LogP contribution is -2.05. The number of nitrogens with one attached hydrogen (secondary N) is 1. The standard InChI is InChI=1S/C15H15F3N2O/c1-2-19-14-5-3-4-12(20-14)10-21-13-8-6-11(7-9-13)15(16,17)18/h3-9H,2,10H2,1H3,(H,19,20). The fourth-order valence-corrected chi connectivity index (χ4v) is 1.74. The van der Waals surface area contributed by atoms with Crippen LogP contribution in [0.1, 0.15) is 18.2 Å². The summed E-state index contributed by atoms with van der Waals surface area (Å²) in [6.45, 7) is 2.92. The first-order valence-corrected chi connectivity index (χ1v) is 6.49. The minimum atomic E-state index is -4.33. The molecule has 2 aromatic rings. The Labute approximate surface area is 120 Å². The molecule has 0 aliphatic carbocycles. The van der Waals surface area contributed by atoms with Crippen molar-refractivity contribution in [1.29, 1.82) is 0 Å². The molecule has 0 saturated heterocycles. The Morgan fingerprint density at radius 3 is 2.43 bits per heavy atom. The maximum atomic E-state index is 12.4. The number of nitrogens with zero attached hydrogens (tertiary/aromatic N) is 1. The number of pyridine rings is 1. The number of rotatable bonds is 5. The van der Waals surface area contributed by atoms with E-state index in [1.54, 1.807) is 6.07 Å². The summed E-state index contributed by atoms with van der Waals surface area (Å²) in [4.78, 5) is 4.32. The minimum Gasteiger partial charge on any atom is -0.487 e. The first kappa shape index (κ1) is 15.2. The maximum Gasteiger partial charge on any atom is 0.416 e. The van der Waals surface area contributed by atoms with E-state index in [0.717, 1.165) is 24.5 Å². The molecule has 1 N–H and O–H groups in total. The Bertz CT molecular complexity index is 582. The second-order valence-electron chi connectivity index (χ2n) is 4.36. The number of benzene rings is 1. The molecule has 0 bridgehead atoms. The van der Waals surface area contributed by atoms with Crippen molar-refractivity contribution in [2.45, 2.75) is 19.7 Å². The van der Waals surface area contributed by atoms with Crippen LogP contribution in [-0.2, 0) is 12.8 Å². The van der Waals surface area contributed by atoms with Gasteiger partial charge in [0, 0.05) is 6.54 Å². The highest BCUT2D eigenvalue weighted by atomic mass is 19.4. The molecule has 0 fully saturated rings. The van der Waals surface area contributed by atoms with Crippen molar-refractivity contribution in [3.63, 3.8) is 0 Å². The van der Waals surface area contributed by atoms with Gasteiger partial charge in [0.25, 0.3) is 0 Å². The van der Waals surface area contributed by atoms with Gasteiger partial charge in [0.2, 0.25) is 0 Å². The first-order valence-electron chi connectivity index (χ1n) is 6.49. The Kier molecular flexibility index (Phi) is 4.67. The van der Waals surface area contributed by atoms with Gasteiger partial charge < -0.3 is 10.1 Å². The van der Waals surface area contributed by atoms with Gasteiger partial charge in [-0.1, -0.05) is 6.07 Å². The van der Waals surface area contributed by atoms with E-state index in [9.17, 15) is 13.2 Å². The van der Waals surface area contributed by atoms with Crippen molar-refractivity contribution in [2.24, 2.45) is 0 Å². The summed E-state index contributed by atoms with van der Waals surface area (Å²) in [5, 5.41) is 3.08. The van der Waals surface area contributed by atoms with E-state index >= 15 is 0 Å². The maximum absolute atomic E-state index is 12.4. The molecule has 0 saturated carbocycles. The number of hydrogen-bond donors (Lipinski definition) is 1. The lowest BCUT2D eigenvalue weighted by molar-refractivity contribution is -0.137. The Morgan fingerprint density at radius 1 is 1.10 bits per heavy atom. The SMILES string of the molecule is CCNc1cccc(COc2ccc(C(F)(F)F)cc2)n1. The molecule has 2 rings (SSSR count). The van der Waals surface area contributed by atoms with Gasteiger partial charge in [-0.3, -0.25) is 0 Å². The summed E-state index contributed by atoms with van der Waals surface area (Å²) in [6.07, 6.45) is -4.33. The van der Waals surface area contributed by atoms with E-state index in [0.29, 0.717) is 11.4 Å². The number of ether oxygens (including phenoxy) is 1. The second kappa shape index (κ2) is 6.47. The number of anilines is 1. The fourth-order valence-electron chi connectivity index (χ4n) is 1.74. The molecule has 0 aliphatic rings. The van der Waals surface area contributed by atoms with Crippen LogP contribution in [-0.4, -0.2) is 11.5 Å². The molecule has 6 heteroatoms. The average molecular weight is 296 g/mol. The molecular formula is C15H15F3N2O. The fraction of sp³-hybridized carbons (Fsp3) is 0.267. The topological polar surface area (TPSA) is 34.1 Å². The molecule has 21 heavy (non-hydrogen) atoms. The third kappa shape index (κ3) is 4.37. The molecular weight excluding hydrogens is 281 g/mol. The third-order valence-corrected chi connectivity index (χ3v) is 2.73. The van der Waals surface area contributed by atoms with Crippen LogP contribution in [0.4, 0.5) is 19.0 Å². The van der Waals surface area contributed by atoms with Crippen LogP contribution in [0.25, 0.3) is 0 Å². The van der Waals surface area contributed by atoms with E-state index in [1.807, 2.05) is 19.1 Å². The molecule has 0 amide bonds. The largest absolute Gasteiger partial charge is 0.487 e. The van der Waals surface area contributed by atoms with Crippen LogP contribution >= 0.6 is 0 Å². The van der Waals surface area contributed by atoms with Crippen LogP contribution in [0.2, 0.25) is 0 Å². The van der Waals surface area contributed by atoms with Gasteiger partial charge >= 0.3 is 6.18 Å². The quantitative estimate of drug-likeness (QED) is 0.901. The molecule has 0 aliphatic heterocycles. The molecule has 1 aromatic heterocycles. The zero-order valence-electron chi connectivity index (χ0n) is 11.4. The van der Waals surface area contributed by atoms with Crippen LogP contribution in [0.3, 0.4) is 0 Å². The molecule has 0 radical (unpaired) electrons. The van der Waals surface area contributed by atoms with Crippen LogP contribution < -0.4 is 10.1 Å². The van der Waals surface area contributed by atoms with Gasteiger partial charge in [0.1, 0.15) is 18.2 Å². The lowest BCUT2D eigenvalue weighted by Gasteiger charge is -2.10. The zero-order chi connectivity index (χ0) is 15.3. The van der Waals surface area contributed by atoms with Crippen molar-refractivity contribution in [2.75, 3.05) is 11.9 Å². The molecule has 1 heterocycles. The van der Waals surface area contributed by atoms with E-state index in [4.69, 9.17) is 4.74 Å². The van der Waals surface area contributed by atoms with Gasteiger partial charge in [0.15, 0.2) is 0 Å². The summed E-state index contributed by atoms with van der Waals surface area (Å²) in [5.41, 5.74) is 0.00969. The number of aromatic nitrogens is 1. The zero-order valence-corrected chi connectivity index (χ0v) is 11.4. The first-order chi connectivity index (χ1) is 9.99. The highest BCUT2D eigenvalue weighted by molar-refractivity contribution is 5.35. The molecule has 112 valence electrons. The highest BCUT2D eigenvalue weighted by Gasteiger charge is 2.29. The van der Waals surface area contributed by atoms with E-state index in [-0.39, 0.29) is 6.61 Å². The molecule has 0 spiro atoms. The van der Waals surface area contributed by atoms with Crippen molar-refractivity contribution >= 4 is 5.82 Å². The Hall–Kier alpha value is -2.24. The third-order valence-electron chi connectivity index (χ3n) is 2.73. The molecule has 1 aromatic carbocycles. The van der Waals surface area contributed by atoms with Crippen molar-refractivity contribution in [3.8, 4) is 5.75 Å². The molecule has 0 atom stereocenters. The van der Waals surface area contributed by atoms with Gasteiger partial charge in [-0.25, -0.2) is 4.98 Å². The minimum absolute atomic E-state index is 0.199. The van der Waals surface area contributed by atoms with E-state index in [2.05, 4.69) is 10.3 Å². The monoisotopic (exact) mass is 296 g/mol. The number of halogens is 3. The number of alkyl halides is 3. The second-order valence-corrected chi connectivity index (χ2v) is 4.36. The van der Waals surface area contributed by atoms with Crippen molar-refractivity contribution in [3.05, 3.63) is 53.7 Å². The van der Waals surface area contributed by atoms with Gasteiger partial charge in [-0.2, -0.15) is 13.2 Å². The summed E-state index contributed by atoms with van der Waals surface area (Å²) >= 11 is 0. The average Bonchev–Trinajstić information content (AvgIpc) is 2.45. The summed E-state index contributed by atoms with van der Waals surface area (Å²) in [7, 11) is 0. The molecule has 0 unspecified atom stereocenters. The van der Waals surface area contributed by atoms with Gasteiger partial charge in [-0.05, 0) is 43.3 Å². The molecule has 3 nitrogen and oxygen atoms in total. The highest BCUT2D eigenvalue weighted by Crippen LogP contribution is 2.30. The van der Waals surface area contributed by atoms with E-state index in [1.165, 1.54) is 12.1 Å². The van der Waals surface area contributed by atoms with E-state index < -0.39 is 11.7 Å². The summed E-state index contributed by atoms with van der Waals surface area (Å²) in [5.74, 6) is 1.12. The van der Waals surface area contributed by atoms with Gasteiger partial charge in [0.05, 0.1) is 11.3 Å².